The van der Waals surface area contributed by atoms with Crippen molar-refractivity contribution >= 4 is 5.97 Å². The molecule has 160 valence electrons. The van der Waals surface area contributed by atoms with Gasteiger partial charge in [0.05, 0.1) is 13.2 Å². The lowest BCUT2D eigenvalue weighted by Gasteiger charge is -2.39. The van der Waals surface area contributed by atoms with Crippen molar-refractivity contribution in [3.8, 4) is 17.2 Å². The molecule has 1 saturated heterocycles. The number of aliphatic carboxylic acids is 1. The van der Waals surface area contributed by atoms with E-state index in [1.54, 1.807) is 7.11 Å². The molecule has 0 saturated carbocycles. The standard InChI is InChI=1S/C26H27NO4/c1-30-22-13-7-9-19(17-22)25(27-16-6-5-15-24(27)26(28)29)20-10-8-14-23(18-20)31-21-11-3-2-4-12-21/h2-4,7-14,17-18,24-25H,5-6,15-16H2,1H3,(H,28,29). The fourth-order valence-electron chi connectivity index (χ4n) is 4.29. The lowest BCUT2D eigenvalue weighted by molar-refractivity contribution is -0.145. The molecule has 1 aliphatic heterocycles. The molecule has 0 bridgehead atoms. The lowest BCUT2D eigenvalue weighted by Crippen LogP contribution is -2.46. The number of nitrogens with zero attached hydrogens (tertiary/aromatic N) is 1. The van der Waals surface area contributed by atoms with E-state index in [1.165, 1.54) is 0 Å². The van der Waals surface area contributed by atoms with Gasteiger partial charge in [0.25, 0.3) is 0 Å². The number of piperidine rings is 1. The molecule has 1 fully saturated rings. The highest BCUT2D eigenvalue weighted by atomic mass is 16.5. The third-order valence-electron chi connectivity index (χ3n) is 5.72. The van der Waals surface area contributed by atoms with E-state index in [9.17, 15) is 9.90 Å². The third kappa shape index (κ3) is 4.89. The Bertz CT molecular complexity index is 1020. The van der Waals surface area contributed by atoms with Crippen LogP contribution in [0.4, 0.5) is 0 Å². The summed E-state index contributed by atoms with van der Waals surface area (Å²) in [5.41, 5.74) is 2.00. The topological polar surface area (TPSA) is 59.0 Å². The second-order valence-electron chi connectivity index (χ2n) is 7.75. The van der Waals surface area contributed by atoms with Crippen LogP contribution in [0.1, 0.15) is 36.4 Å². The van der Waals surface area contributed by atoms with E-state index < -0.39 is 12.0 Å². The van der Waals surface area contributed by atoms with E-state index in [-0.39, 0.29) is 6.04 Å². The van der Waals surface area contributed by atoms with E-state index in [0.29, 0.717) is 6.42 Å². The van der Waals surface area contributed by atoms with Crippen molar-refractivity contribution in [3.63, 3.8) is 0 Å². The summed E-state index contributed by atoms with van der Waals surface area (Å²) in [7, 11) is 1.64. The normalized spacial score (nSPS) is 17.6. The quantitative estimate of drug-likeness (QED) is 0.549. The van der Waals surface area contributed by atoms with Crippen LogP contribution >= 0.6 is 0 Å². The predicted molar refractivity (Wildman–Crippen MR) is 120 cm³/mol. The van der Waals surface area contributed by atoms with Crippen molar-refractivity contribution in [2.45, 2.75) is 31.3 Å². The molecule has 3 aromatic rings. The van der Waals surface area contributed by atoms with Crippen molar-refractivity contribution in [3.05, 3.63) is 90.0 Å². The average Bonchev–Trinajstić information content (AvgIpc) is 2.81. The van der Waals surface area contributed by atoms with Crippen molar-refractivity contribution in [1.82, 2.24) is 4.90 Å². The Morgan fingerprint density at radius 2 is 1.55 bits per heavy atom. The summed E-state index contributed by atoms with van der Waals surface area (Å²) in [6, 6.07) is 24.7. The molecule has 1 heterocycles. The smallest absolute Gasteiger partial charge is 0.320 e. The molecule has 0 spiro atoms. The van der Waals surface area contributed by atoms with Crippen LogP contribution in [-0.4, -0.2) is 35.7 Å². The number of carboxylic acid groups (broad SMARTS) is 1. The number of carboxylic acids is 1. The molecule has 5 heteroatoms. The molecule has 0 radical (unpaired) electrons. The SMILES string of the molecule is COc1cccc(C(c2cccc(Oc3ccccc3)c2)N2CCCCC2C(=O)O)c1. The summed E-state index contributed by atoms with van der Waals surface area (Å²) in [5, 5.41) is 9.91. The second kappa shape index (κ2) is 9.67. The minimum atomic E-state index is -0.774. The van der Waals surface area contributed by atoms with Gasteiger partial charge in [0, 0.05) is 0 Å². The van der Waals surface area contributed by atoms with Crippen LogP contribution in [0.15, 0.2) is 78.9 Å². The van der Waals surface area contributed by atoms with Gasteiger partial charge in [-0.3, -0.25) is 9.69 Å². The number of para-hydroxylation sites is 1. The first-order valence-electron chi connectivity index (χ1n) is 10.6. The van der Waals surface area contributed by atoms with Crippen LogP contribution in [0.25, 0.3) is 0 Å². The molecular weight excluding hydrogens is 390 g/mol. The molecular formula is C26H27NO4. The molecule has 3 aromatic carbocycles. The lowest BCUT2D eigenvalue weighted by atomic mass is 9.91. The summed E-state index contributed by atoms with van der Waals surface area (Å²) in [4.78, 5) is 14.2. The number of likely N-dealkylation sites (tertiary alicyclic amines) is 1. The predicted octanol–water partition coefficient (Wildman–Crippen LogP) is 5.52. The highest BCUT2D eigenvalue weighted by molar-refractivity contribution is 5.73. The molecule has 1 aliphatic rings. The Hall–Kier alpha value is -3.31. The van der Waals surface area contributed by atoms with Gasteiger partial charge in [-0.1, -0.05) is 48.9 Å². The molecule has 0 amide bonds. The first-order chi connectivity index (χ1) is 15.2. The monoisotopic (exact) mass is 417 g/mol. The van der Waals surface area contributed by atoms with Crippen LogP contribution < -0.4 is 9.47 Å². The van der Waals surface area contributed by atoms with Crippen LogP contribution in [-0.2, 0) is 4.79 Å². The number of carbonyl (C=O) groups is 1. The van der Waals surface area contributed by atoms with Gasteiger partial charge in [-0.15, -0.1) is 0 Å². The van der Waals surface area contributed by atoms with Gasteiger partial charge in [0.2, 0.25) is 0 Å². The number of methoxy groups -OCH3 is 1. The van der Waals surface area contributed by atoms with Crippen LogP contribution in [0, 0.1) is 0 Å². The second-order valence-corrected chi connectivity index (χ2v) is 7.75. The van der Waals surface area contributed by atoms with Gasteiger partial charge < -0.3 is 14.6 Å². The maximum atomic E-state index is 12.1. The van der Waals surface area contributed by atoms with Gasteiger partial charge in [0.1, 0.15) is 23.3 Å². The summed E-state index contributed by atoms with van der Waals surface area (Å²) >= 11 is 0. The summed E-state index contributed by atoms with van der Waals surface area (Å²) in [6.07, 6.45) is 2.55. The minimum Gasteiger partial charge on any atom is -0.497 e. The fourth-order valence-corrected chi connectivity index (χ4v) is 4.29. The Balaban J connectivity index is 1.75. The Morgan fingerprint density at radius 1 is 0.903 bits per heavy atom. The molecule has 2 unspecified atom stereocenters. The highest BCUT2D eigenvalue weighted by Crippen LogP contribution is 2.37. The van der Waals surface area contributed by atoms with Gasteiger partial charge in [-0.25, -0.2) is 0 Å². The zero-order valence-electron chi connectivity index (χ0n) is 17.6. The van der Waals surface area contributed by atoms with Gasteiger partial charge in [-0.2, -0.15) is 0 Å². The summed E-state index contributed by atoms with van der Waals surface area (Å²) in [6.45, 7) is 0.725. The van der Waals surface area contributed by atoms with Crippen molar-refractivity contribution in [2.75, 3.05) is 13.7 Å². The summed E-state index contributed by atoms with van der Waals surface area (Å²) in [5.74, 6) is 1.46. The molecule has 2 atom stereocenters. The minimum absolute atomic E-state index is 0.212. The zero-order valence-corrected chi connectivity index (χ0v) is 17.6. The molecule has 4 rings (SSSR count). The van der Waals surface area contributed by atoms with E-state index in [0.717, 1.165) is 47.8 Å². The Labute approximate surface area is 182 Å². The molecule has 1 N–H and O–H groups in total. The summed E-state index contributed by atoms with van der Waals surface area (Å²) < 4.78 is 11.5. The highest BCUT2D eigenvalue weighted by Gasteiger charge is 2.35. The van der Waals surface area contributed by atoms with E-state index in [1.807, 2.05) is 78.9 Å². The van der Waals surface area contributed by atoms with E-state index in [4.69, 9.17) is 9.47 Å². The van der Waals surface area contributed by atoms with Crippen LogP contribution in [0.2, 0.25) is 0 Å². The molecule has 0 aromatic heterocycles. The largest absolute Gasteiger partial charge is 0.497 e. The molecule has 0 aliphatic carbocycles. The van der Waals surface area contributed by atoms with Gasteiger partial charge >= 0.3 is 5.97 Å². The Kier molecular flexibility index (Phi) is 6.53. The van der Waals surface area contributed by atoms with Gasteiger partial charge in [0.15, 0.2) is 0 Å². The van der Waals surface area contributed by atoms with Crippen LogP contribution in [0.3, 0.4) is 0 Å². The maximum absolute atomic E-state index is 12.1. The first-order valence-corrected chi connectivity index (χ1v) is 10.6. The molecule has 31 heavy (non-hydrogen) atoms. The number of ether oxygens (including phenoxy) is 2. The number of rotatable bonds is 7. The first kappa shape index (κ1) is 20.9. The fraction of sp³-hybridized carbons (Fsp3) is 0.269. The van der Waals surface area contributed by atoms with Crippen LogP contribution in [0.5, 0.6) is 17.2 Å². The number of hydrogen-bond acceptors (Lipinski definition) is 4. The van der Waals surface area contributed by atoms with Gasteiger partial charge in [-0.05, 0) is 66.9 Å². The molecule has 5 nitrogen and oxygen atoms in total. The van der Waals surface area contributed by atoms with E-state index in [2.05, 4.69) is 4.90 Å². The van der Waals surface area contributed by atoms with Crippen molar-refractivity contribution < 1.29 is 19.4 Å². The Morgan fingerprint density at radius 3 is 2.23 bits per heavy atom. The van der Waals surface area contributed by atoms with Crippen molar-refractivity contribution in [1.29, 1.82) is 0 Å². The number of hydrogen-bond donors (Lipinski definition) is 1. The van der Waals surface area contributed by atoms with Crippen molar-refractivity contribution in [2.24, 2.45) is 0 Å². The maximum Gasteiger partial charge on any atom is 0.320 e. The van der Waals surface area contributed by atoms with E-state index >= 15 is 0 Å². The zero-order chi connectivity index (χ0) is 21.6. The third-order valence-corrected chi connectivity index (χ3v) is 5.72. The average molecular weight is 418 g/mol. The number of benzene rings is 3.